The van der Waals surface area contributed by atoms with Crippen LogP contribution < -0.4 is 0 Å². The van der Waals surface area contributed by atoms with E-state index in [2.05, 4.69) is 31.7 Å². The highest BCUT2D eigenvalue weighted by atomic mass is 15.1. The first-order valence-corrected chi connectivity index (χ1v) is 6.37. The average Bonchev–Trinajstić information content (AvgIpc) is 2.97. The van der Waals surface area contributed by atoms with Crippen LogP contribution in [0.15, 0.2) is 54.2 Å². The van der Waals surface area contributed by atoms with Gasteiger partial charge in [-0.3, -0.25) is 0 Å². The Morgan fingerprint density at radius 1 is 1.26 bits per heavy atom. The number of benzene rings is 1. The minimum Gasteiger partial charge on any atom is -0.333 e. The molecule has 0 atom stereocenters. The van der Waals surface area contributed by atoms with Gasteiger partial charge in [-0.2, -0.15) is 0 Å². The zero-order valence-electron chi connectivity index (χ0n) is 11.8. The summed E-state index contributed by atoms with van der Waals surface area (Å²) in [7, 11) is 0. The van der Waals surface area contributed by atoms with Gasteiger partial charge in [0.15, 0.2) is 0 Å². The Kier molecular flexibility index (Phi) is 10.8. The molecule has 1 aromatic heterocycles. The van der Waals surface area contributed by atoms with E-state index in [0.29, 0.717) is 6.54 Å². The summed E-state index contributed by atoms with van der Waals surface area (Å²) in [6.45, 7) is 7.25. The third-order valence-electron chi connectivity index (χ3n) is 1.97. The number of hydrogen-bond acceptors (Lipinski definition) is 2. The average molecular weight is 259 g/mol. The SMILES string of the molecule is CC.CCN=[N+]=[N-].c1ccc(Cn2ccnc2)cc1. The molecule has 0 saturated heterocycles. The van der Waals surface area contributed by atoms with Crippen molar-refractivity contribution in [3.8, 4) is 0 Å². The predicted molar refractivity (Wildman–Crippen MR) is 78.8 cm³/mol. The van der Waals surface area contributed by atoms with Crippen LogP contribution >= 0.6 is 0 Å². The van der Waals surface area contributed by atoms with E-state index in [1.165, 1.54) is 5.56 Å². The lowest BCUT2D eigenvalue weighted by Crippen LogP contribution is -1.95. The Bertz CT molecular complexity index is 444. The lowest BCUT2D eigenvalue weighted by molar-refractivity contribution is 0.797. The largest absolute Gasteiger partial charge is 0.333 e. The second kappa shape index (κ2) is 12.2. The third kappa shape index (κ3) is 8.46. The van der Waals surface area contributed by atoms with Crippen molar-refractivity contribution in [2.45, 2.75) is 27.3 Å². The Morgan fingerprint density at radius 3 is 2.37 bits per heavy atom. The molecule has 2 aromatic rings. The molecule has 0 aliphatic rings. The number of imidazole rings is 1. The van der Waals surface area contributed by atoms with E-state index in [9.17, 15) is 0 Å². The van der Waals surface area contributed by atoms with Crippen LogP contribution in [0.5, 0.6) is 0 Å². The fourth-order valence-electron chi connectivity index (χ4n) is 1.24. The van der Waals surface area contributed by atoms with Crippen molar-refractivity contribution in [1.82, 2.24) is 9.55 Å². The zero-order valence-corrected chi connectivity index (χ0v) is 11.8. The molecule has 0 aliphatic heterocycles. The maximum Gasteiger partial charge on any atom is 0.0949 e. The molecule has 0 saturated carbocycles. The van der Waals surface area contributed by atoms with Gasteiger partial charge in [0, 0.05) is 30.4 Å². The number of nitrogens with zero attached hydrogens (tertiary/aromatic N) is 5. The van der Waals surface area contributed by atoms with Crippen molar-refractivity contribution in [3.05, 3.63) is 65.1 Å². The highest BCUT2D eigenvalue weighted by Crippen LogP contribution is 2.00. The second-order valence-corrected chi connectivity index (χ2v) is 3.27. The Morgan fingerprint density at radius 2 is 1.95 bits per heavy atom. The van der Waals surface area contributed by atoms with Gasteiger partial charge in [-0.15, -0.1) is 0 Å². The molecule has 0 fully saturated rings. The molecule has 5 nitrogen and oxygen atoms in total. The topological polar surface area (TPSA) is 66.6 Å². The summed E-state index contributed by atoms with van der Waals surface area (Å²) in [6.07, 6.45) is 5.59. The zero-order chi connectivity index (χ0) is 14.3. The van der Waals surface area contributed by atoms with E-state index in [4.69, 9.17) is 5.53 Å². The van der Waals surface area contributed by atoms with Gasteiger partial charge in [0.25, 0.3) is 0 Å². The number of aromatic nitrogens is 2. The third-order valence-corrected chi connectivity index (χ3v) is 1.97. The van der Waals surface area contributed by atoms with Crippen molar-refractivity contribution in [2.24, 2.45) is 5.11 Å². The molecule has 5 heteroatoms. The standard InChI is InChI=1S/C10H10N2.C2H5N3.C2H6/c1-2-4-10(5-3-1)8-12-7-6-11-9-12;1-2-4-5-3;1-2/h1-7,9H,8H2;2H2,1H3;1-2H3. The Balaban J connectivity index is 0.000000396. The molecule has 0 amide bonds. The van der Waals surface area contributed by atoms with Crippen LogP contribution in [0.4, 0.5) is 0 Å². The molecule has 0 N–H and O–H groups in total. The molecule has 1 heterocycles. The molecule has 0 bridgehead atoms. The first-order valence-electron chi connectivity index (χ1n) is 6.37. The summed E-state index contributed by atoms with van der Waals surface area (Å²) in [6, 6.07) is 10.3. The minimum atomic E-state index is 0.552. The summed E-state index contributed by atoms with van der Waals surface area (Å²) in [5, 5.41) is 3.15. The van der Waals surface area contributed by atoms with E-state index >= 15 is 0 Å². The second-order valence-electron chi connectivity index (χ2n) is 3.27. The van der Waals surface area contributed by atoms with Crippen LogP contribution in [-0.2, 0) is 6.54 Å². The lowest BCUT2D eigenvalue weighted by Gasteiger charge is -2.00. The van der Waals surface area contributed by atoms with Gasteiger partial charge in [-0.1, -0.05) is 56.2 Å². The summed E-state index contributed by atoms with van der Waals surface area (Å²) in [5.74, 6) is 0. The van der Waals surface area contributed by atoms with Crippen molar-refractivity contribution in [2.75, 3.05) is 6.54 Å². The van der Waals surface area contributed by atoms with E-state index in [1.54, 1.807) is 13.1 Å². The van der Waals surface area contributed by atoms with Crippen molar-refractivity contribution in [1.29, 1.82) is 0 Å². The number of azide groups is 1. The smallest absolute Gasteiger partial charge is 0.0949 e. The fourth-order valence-corrected chi connectivity index (χ4v) is 1.24. The van der Waals surface area contributed by atoms with Gasteiger partial charge in [-0.05, 0) is 11.1 Å². The summed E-state index contributed by atoms with van der Waals surface area (Å²) < 4.78 is 2.05. The first-order chi connectivity index (χ1) is 9.36. The molecule has 0 unspecified atom stereocenters. The highest BCUT2D eigenvalue weighted by Gasteiger charge is 1.91. The van der Waals surface area contributed by atoms with Gasteiger partial charge in [0.1, 0.15) is 0 Å². The van der Waals surface area contributed by atoms with Crippen molar-refractivity contribution >= 4 is 0 Å². The summed E-state index contributed by atoms with van der Waals surface area (Å²) in [5.41, 5.74) is 8.83. The van der Waals surface area contributed by atoms with Crippen LogP contribution in [0.25, 0.3) is 10.4 Å². The van der Waals surface area contributed by atoms with Crippen LogP contribution in [0, 0.1) is 0 Å². The molecule has 0 aliphatic carbocycles. The number of hydrogen-bond donors (Lipinski definition) is 0. The van der Waals surface area contributed by atoms with E-state index in [-0.39, 0.29) is 0 Å². The molecule has 1 aromatic carbocycles. The van der Waals surface area contributed by atoms with Gasteiger partial charge in [0.05, 0.1) is 6.33 Å². The van der Waals surface area contributed by atoms with Crippen LogP contribution in [0.2, 0.25) is 0 Å². The van der Waals surface area contributed by atoms with Gasteiger partial charge >= 0.3 is 0 Å². The summed E-state index contributed by atoms with van der Waals surface area (Å²) >= 11 is 0. The molecular formula is C14H21N5. The Labute approximate surface area is 114 Å². The normalized spacial score (nSPS) is 8.16. The molecule has 0 spiro atoms. The molecular weight excluding hydrogens is 238 g/mol. The minimum absolute atomic E-state index is 0.552. The Hall–Kier alpha value is -2.26. The molecule has 19 heavy (non-hydrogen) atoms. The molecule has 0 radical (unpaired) electrons. The van der Waals surface area contributed by atoms with Gasteiger partial charge in [0.2, 0.25) is 0 Å². The van der Waals surface area contributed by atoms with Crippen LogP contribution in [0.1, 0.15) is 26.3 Å². The highest BCUT2D eigenvalue weighted by molar-refractivity contribution is 5.14. The van der Waals surface area contributed by atoms with Crippen molar-refractivity contribution < 1.29 is 0 Å². The van der Waals surface area contributed by atoms with E-state index < -0.39 is 0 Å². The monoisotopic (exact) mass is 259 g/mol. The fraction of sp³-hybridized carbons (Fsp3) is 0.357. The van der Waals surface area contributed by atoms with Crippen molar-refractivity contribution in [3.63, 3.8) is 0 Å². The maximum atomic E-state index is 7.52. The van der Waals surface area contributed by atoms with Crippen LogP contribution in [0.3, 0.4) is 0 Å². The van der Waals surface area contributed by atoms with E-state index in [0.717, 1.165) is 6.54 Å². The van der Waals surface area contributed by atoms with Gasteiger partial charge in [-0.25, -0.2) is 4.98 Å². The summed E-state index contributed by atoms with van der Waals surface area (Å²) in [4.78, 5) is 6.46. The predicted octanol–water partition coefficient (Wildman–Crippen LogP) is 4.27. The first kappa shape index (κ1) is 16.7. The lowest BCUT2D eigenvalue weighted by atomic mass is 10.2. The van der Waals surface area contributed by atoms with Crippen LogP contribution in [-0.4, -0.2) is 16.1 Å². The number of rotatable bonds is 3. The molecule has 2 rings (SSSR count). The molecule has 102 valence electrons. The van der Waals surface area contributed by atoms with Gasteiger partial charge < -0.3 is 4.57 Å². The van der Waals surface area contributed by atoms with E-state index in [1.807, 2.05) is 44.6 Å². The quantitative estimate of drug-likeness (QED) is 0.461. The maximum absolute atomic E-state index is 7.52.